The molecule has 2 aliphatic rings. The van der Waals surface area contributed by atoms with Crippen molar-refractivity contribution in [3.63, 3.8) is 0 Å². The highest BCUT2D eigenvalue weighted by atomic mass is 19.1. The standard InChI is InChI=1S/C27H31FN4O3/c1-17-4-9-25(24(28)10-17)31-26-18(2)27(30-16-29-26)35-23-11-20-14-34-15-21(12-23)32(20)13-19-5-7-22(33-3)8-6-19/h4-10,16,20-21,23H,11-15H2,1-3H3,(H,29,30,31)/t20-,21?,23?/m1/s1. The summed E-state index contributed by atoms with van der Waals surface area (Å²) in [7, 11) is 1.68. The number of rotatable bonds is 7. The van der Waals surface area contributed by atoms with E-state index in [4.69, 9.17) is 14.2 Å². The summed E-state index contributed by atoms with van der Waals surface area (Å²) in [5.74, 6) is 1.62. The second kappa shape index (κ2) is 10.2. The Bertz CT molecular complexity index is 1160. The van der Waals surface area contributed by atoms with E-state index in [-0.39, 0.29) is 24.0 Å². The van der Waals surface area contributed by atoms with E-state index in [1.807, 2.05) is 32.0 Å². The third-order valence-electron chi connectivity index (χ3n) is 6.85. The lowest BCUT2D eigenvalue weighted by Gasteiger charge is -2.48. The van der Waals surface area contributed by atoms with Crippen LogP contribution in [0, 0.1) is 19.7 Å². The highest BCUT2D eigenvalue weighted by Gasteiger charge is 2.40. The monoisotopic (exact) mass is 478 g/mol. The molecule has 2 unspecified atom stereocenters. The van der Waals surface area contributed by atoms with Crippen molar-refractivity contribution in [2.75, 3.05) is 25.6 Å². The molecule has 5 rings (SSSR count). The zero-order valence-electron chi connectivity index (χ0n) is 20.3. The van der Waals surface area contributed by atoms with E-state index in [0.29, 0.717) is 30.6 Å². The van der Waals surface area contributed by atoms with E-state index < -0.39 is 0 Å². The summed E-state index contributed by atoms with van der Waals surface area (Å²) in [6.07, 6.45) is 3.19. The molecule has 3 heterocycles. The predicted octanol–water partition coefficient (Wildman–Crippen LogP) is 4.80. The number of morpholine rings is 1. The molecule has 3 aromatic rings. The SMILES string of the molecule is COc1ccc(CN2C3COC[C@H]2CC(Oc2ncnc(Nc4ccc(C)cc4F)c2C)C3)cc1. The van der Waals surface area contributed by atoms with Gasteiger partial charge in [0.15, 0.2) is 0 Å². The van der Waals surface area contributed by atoms with Crippen molar-refractivity contribution in [2.45, 2.75) is 51.4 Å². The molecule has 1 aromatic heterocycles. The van der Waals surface area contributed by atoms with Gasteiger partial charge in [-0.3, -0.25) is 4.90 Å². The van der Waals surface area contributed by atoms with Crippen LogP contribution in [-0.4, -0.2) is 53.4 Å². The Hall–Kier alpha value is -3.23. The number of fused-ring (bicyclic) bond motifs is 2. The Morgan fingerprint density at radius 3 is 2.49 bits per heavy atom. The molecule has 2 fully saturated rings. The van der Waals surface area contributed by atoms with Crippen LogP contribution in [0.25, 0.3) is 0 Å². The fraction of sp³-hybridized carbons (Fsp3) is 0.407. The molecule has 1 N–H and O–H groups in total. The first kappa shape index (κ1) is 23.5. The molecule has 0 spiro atoms. The number of nitrogens with zero attached hydrogens (tertiary/aromatic N) is 3. The number of benzene rings is 2. The smallest absolute Gasteiger partial charge is 0.221 e. The topological polar surface area (TPSA) is 68.7 Å². The Kier molecular flexibility index (Phi) is 6.83. The lowest BCUT2D eigenvalue weighted by Crippen LogP contribution is -2.58. The van der Waals surface area contributed by atoms with Crippen molar-refractivity contribution in [3.05, 3.63) is 71.3 Å². The predicted molar refractivity (Wildman–Crippen MR) is 132 cm³/mol. The number of aromatic nitrogens is 2. The third kappa shape index (κ3) is 5.23. The molecule has 2 aliphatic heterocycles. The quantitative estimate of drug-likeness (QED) is 0.523. The largest absolute Gasteiger partial charge is 0.497 e. The van der Waals surface area contributed by atoms with Crippen molar-refractivity contribution in [3.8, 4) is 11.6 Å². The van der Waals surface area contributed by atoms with Gasteiger partial charge in [0.1, 0.15) is 29.8 Å². The minimum Gasteiger partial charge on any atom is -0.497 e. The van der Waals surface area contributed by atoms with E-state index in [0.717, 1.165) is 36.3 Å². The lowest BCUT2D eigenvalue weighted by molar-refractivity contribution is -0.104. The van der Waals surface area contributed by atoms with Gasteiger partial charge in [-0.05, 0) is 49.2 Å². The van der Waals surface area contributed by atoms with Crippen LogP contribution >= 0.6 is 0 Å². The summed E-state index contributed by atoms with van der Waals surface area (Å²) in [6, 6.07) is 13.9. The fourth-order valence-corrected chi connectivity index (χ4v) is 4.92. The van der Waals surface area contributed by atoms with Crippen LogP contribution in [0.5, 0.6) is 11.6 Å². The number of nitrogens with one attached hydrogen (secondary N) is 1. The normalized spacial score (nSPS) is 22.0. The molecule has 0 aliphatic carbocycles. The van der Waals surface area contributed by atoms with Gasteiger partial charge in [0.2, 0.25) is 5.88 Å². The number of halogens is 1. The fourth-order valence-electron chi connectivity index (χ4n) is 4.92. The molecular formula is C27H31FN4O3. The van der Waals surface area contributed by atoms with Crippen LogP contribution in [0.15, 0.2) is 48.8 Å². The minimum absolute atomic E-state index is 0.0265. The second-order valence-corrected chi connectivity index (χ2v) is 9.34. The van der Waals surface area contributed by atoms with Crippen molar-refractivity contribution in [1.82, 2.24) is 14.9 Å². The van der Waals surface area contributed by atoms with Gasteiger partial charge in [-0.2, -0.15) is 0 Å². The zero-order chi connectivity index (χ0) is 24.4. The Labute approximate surface area is 205 Å². The molecule has 2 aromatic carbocycles. The molecule has 35 heavy (non-hydrogen) atoms. The van der Waals surface area contributed by atoms with Crippen LogP contribution < -0.4 is 14.8 Å². The van der Waals surface area contributed by atoms with Crippen LogP contribution in [0.3, 0.4) is 0 Å². The highest BCUT2D eigenvalue weighted by Crippen LogP contribution is 2.33. The first-order chi connectivity index (χ1) is 17.0. The van der Waals surface area contributed by atoms with Crippen molar-refractivity contribution >= 4 is 11.5 Å². The number of hydrogen-bond donors (Lipinski definition) is 1. The molecule has 7 nitrogen and oxygen atoms in total. The third-order valence-corrected chi connectivity index (χ3v) is 6.85. The van der Waals surface area contributed by atoms with E-state index in [9.17, 15) is 4.39 Å². The molecule has 3 atom stereocenters. The second-order valence-electron chi connectivity index (χ2n) is 9.34. The summed E-state index contributed by atoms with van der Waals surface area (Å²) in [5.41, 5.74) is 3.26. The summed E-state index contributed by atoms with van der Waals surface area (Å²) in [6.45, 7) is 6.01. The molecule has 0 amide bonds. The maximum absolute atomic E-state index is 14.3. The summed E-state index contributed by atoms with van der Waals surface area (Å²) in [5, 5.41) is 3.08. The van der Waals surface area contributed by atoms with Crippen LogP contribution in [0.2, 0.25) is 0 Å². The summed E-state index contributed by atoms with van der Waals surface area (Å²) < 4.78 is 31.9. The maximum atomic E-state index is 14.3. The van der Waals surface area contributed by atoms with Crippen LogP contribution in [-0.2, 0) is 11.3 Å². The van der Waals surface area contributed by atoms with Crippen molar-refractivity contribution < 1.29 is 18.6 Å². The summed E-state index contributed by atoms with van der Waals surface area (Å²) >= 11 is 0. The van der Waals surface area contributed by atoms with Gasteiger partial charge in [0.05, 0.1) is 31.6 Å². The number of hydrogen-bond acceptors (Lipinski definition) is 7. The van der Waals surface area contributed by atoms with Gasteiger partial charge >= 0.3 is 0 Å². The number of ether oxygens (including phenoxy) is 3. The summed E-state index contributed by atoms with van der Waals surface area (Å²) in [4.78, 5) is 11.2. The van der Waals surface area contributed by atoms with Crippen molar-refractivity contribution in [2.24, 2.45) is 0 Å². The molecule has 8 heteroatoms. The van der Waals surface area contributed by atoms with E-state index in [2.05, 4.69) is 32.3 Å². The van der Waals surface area contributed by atoms with Gasteiger partial charge in [-0.1, -0.05) is 18.2 Å². The molecule has 184 valence electrons. The zero-order valence-corrected chi connectivity index (χ0v) is 20.3. The van der Waals surface area contributed by atoms with E-state index >= 15 is 0 Å². The molecule has 0 saturated carbocycles. The van der Waals surface area contributed by atoms with Gasteiger partial charge < -0.3 is 19.5 Å². The van der Waals surface area contributed by atoms with Gasteiger partial charge in [-0.25, -0.2) is 14.4 Å². The maximum Gasteiger partial charge on any atom is 0.221 e. The average Bonchev–Trinajstić information content (AvgIpc) is 2.84. The molecular weight excluding hydrogens is 447 g/mol. The van der Waals surface area contributed by atoms with E-state index in [1.165, 1.54) is 18.0 Å². The van der Waals surface area contributed by atoms with E-state index in [1.54, 1.807) is 13.2 Å². The Morgan fingerprint density at radius 1 is 1.06 bits per heavy atom. The lowest BCUT2D eigenvalue weighted by atomic mass is 9.91. The highest BCUT2D eigenvalue weighted by molar-refractivity contribution is 5.61. The Balaban J connectivity index is 1.27. The van der Waals surface area contributed by atoms with Gasteiger partial charge in [-0.15, -0.1) is 0 Å². The number of aryl methyl sites for hydroxylation is 1. The number of methoxy groups -OCH3 is 1. The number of anilines is 2. The first-order valence-corrected chi connectivity index (χ1v) is 12.0. The molecule has 2 saturated heterocycles. The first-order valence-electron chi connectivity index (χ1n) is 12.0. The van der Waals surface area contributed by atoms with Gasteiger partial charge in [0.25, 0.3) is 0 Å². The molecule has 0 radical (unpaired) electrons. The van der Waals surface area contributed by atoms with Crippen LogP contribution in [0.4, 0.5) is 15.9 Å². The molecule has 2 bridgehead atoms. The minimum atomic E-state index is -0.317. The average molecular weight is 479 g/mol. The Morgan fingerprint density at radius 2 is 1.80 bits per heavy atom. The van der Waals surface area contributed by atoms with Crippen molar-refractivity contribution in [1.29, 1.82) is 0 Å². The van der Waals surface area contributed by atoms with Crippen LogP contribution in [0.1, 0.15) is 29.5 Å². The number of piperidine rings is 1. The van der Waals surface area contributed by atoms with Gasteiger partial charge in [0, 0.05) is 31.5 Å².